The van der Waals surface area contributed by atoms with Crippen molar-refractivity contribution < 1.29 is 9.53 Å². The summed E-state index contributed by atoms with van der Waals surface area (Å²) in [4.78, 5) is 19.4. The molecular formula is C13H20N2O2S. The molecule has 1 aliphatic heterocycles. The van der Waals surface area contributed by atoms with Gasteiger partial charge in [0, 0.05) is 20.0 Å². The van der Waals surface area contributed by atoms with Crippen molar-refractivity contribution in [3.8, 4) is 0 Å². The molecule has 5 heteroatoms. The van der Waals surface area contributed by atoms with Crippen LogP contribution in [0.25, 0.3) is 0 Å². The van der Waals surface area contributed by atoms with Crippen LogP contribution in [0.3, 0.4) is 0 Å². The summed E-state index contributed by atoms with van der Waals surface area (Å²) in [6.45, 7) is 8.10. The summed E-state index contributed by atoms with van der Waals surface area (Å²) < 4.78 is 5.33. The number of rotatable bonds is 5. The molecule has 0 aromatic carbocycles. The van der Waals surface area contributed by atoms with Crippen LogP contribution in [0.1, 0.15) is 40.6 Å². The van der Waals surface area contributed by atoms with Crippen LogP contribution >= 0.6 is 11.3 Å². The van der Waals surface area contributed by atoms with E-state index in [1.165, 1.54) is 0 Å². The van der Waals surface area contributed by atoms with Gasteiger partial charge in [-0.25, -0.2) is 4.98 Å². The Morgan fingerprint density at radius 2 is 2.17 bits per heavy atom. The number of aryl methyl sites for hydroxylation is 1. The molecule has 0 saturated carbocycles. The van der Waals surface area contributed by atoms with Crippen molar-refractivity contribution >= 4 is 17.1 Å². The van der Waals surface area contributed by atoms with Gasteiger partial charge in [-0.2, -0.15) is 0 Å². The number of carbonyl (C=O) groups excluding carboxylic acids is 1. The van der Waals surface area contributed by atoms with E-state index in [-0.39, 0.29) is 5.78 Å². The van der Waals surface area contributed by atoms with Crippen molar-refractivity contribution in [3.63, 3.8) is 0 Å². The molecule has 100 valence electrons. The van der Waals surface area contributed by atoms with Crippen molar-refractivity contribution in [2.45, 2.75) is 33.2 Å². The highest BCUT2D eigenvalue weighted by molar-refractivity contribution is 7.13. The van der Waals surface area contributed by atoms with Crippen LogP contribution in [0.4, 0.5) is 0 Å². The number of ketones is 1. The molecule has 0 N–H and O–H groups in total. The third-order valence-corrected chi connectivity index (χ3v) is 4.19. The Labute approximate surface area is 112 Å². The predicted molar refractivity (Wildman–Crippen MR) is 72.2 cm³/mol. The van der Waals surface area contributed by atoms with E-state index in [0.717, 1.165) is 61.3 Å². The second kappa shape index (κ2) is 6.41. The van der Waals surface area contributed by atoms with E-state index in [0.29, 0.717) is 0 Å². The first-order valence-electron chi connectivity index (χ1n) is 6.50. The van der Waals surface area contributed by atoms with E-state index in [1.807, 2.05) is 0 Å². The molecule has 0 atom stereocenters. The van der Waals surface area contributed by atoms with Crippen LogP contribution < -0.4 is 0 Å². The average molecular weight is 268 g/mol. The van der Waals surface area contributed by atoms with Gasteiger partial charge in [-0.05, 0) is 6.42 Å². The number of aromatic nitrogens is 1. The highest BCUT2D eigenvalue weighted by Crippen LogP contribution is 2.22. The average Bonchev–Trinajstić information content (AvgIpc) is 2.74. The normalized spacial score (nSPS) is 17.0. The minimum atomic E-state index is 0.143. The highest BCUT2D eigenvalue weighted by Gasteiger charge is 2.17. The first kappa shape index (κ1) is 13.6. The summed E-state index contributed by atoms with van der Waals surface area (Å²) >= 11 is 1.56. The zero-order valence-electron chi connectivity index (χ0n) is 11.1. The molecule has 1 saturated heterocycles. The molecule has 0 radical (unpaired) electrons. The van der Waals surface area contributed by atoms with Crippen molar-refractivity contribution in [1.29, 1.82) is 0 Å². The lowest BCUT2D eigenvalue weighted by Gasteiger charge is -2.25. The number of hydrogen-bond donors (Lipinski definition) is 0. The Morgan fingerprint density at radius 3 is 2.78 bits per heavy atom. The summed E-state index contributed by atoms with van der Waals surface area (Å²) in [5, 5.41) is 1.06. The zero-order valence-corrected chi connectivity index (χ0v) is 11.9. The Morgan fingerprint density at radius 1 is 1.44 bits per heavy atom. The van der Waals surface area contributed by atoms with E-state index in [4.69, 9.17) is 4.74 Å². The molecule has 0 unspecified atom stereocenters. The SMILES string of the molecule is CCCc1nc(CN2CCOCC2)sc1C(C)=O. The van der Waals surface area contributed by atoms with Gasteiger partial charge in [0.2, 0.25) is 0 Å². The summed E-state index contributed by atoms with van der Waals surface area (Å²) in [6, 6.07) is 0. The molecule has 18 heavy (non-hydrogen) atoms. The molecule has 0 amide bonds. The van der Waals surface area contributed by atoms with Gasteiger partial charge >= 0.3 is 0 Å². The predicted octanol–water partition coefficient (Wildman–Crippen LogP) is 2.13. The molecule has 0 aliphatic carbocycles. The van der Waals surface area contributed by atoms with E-state index >= 15 is 0 Å². The number of hydrogen-bond acceptors (Lipinski definition) is 5. The maximum absolute atomic E-state index is 11.6. The van der Waals surface area contributed by atoms with Crippen molar-refractivity contribution in [2.24, 2.45) is 0 Å². The fraction of sp³-hybridized carbons (Fsp3) is 0.692. The fourth-order valence-corrected chi connectivity index (χ4v) is 3.15. The summed E-state index contributed by atoms with van der Waals surface area (Å²) in [5.41, 5.74) is 0.984. The smallest absolute Gasteiger partial charge is 0.171 e. The molecule has 4 nitrogen and oxygen atoms in total. The van der Waals surface area contributed by atoms with Gasteiger partial charge in [0.1, 0.15) is 5.01 Å². The number of carbonyl (C=O) groups is 1. The lowest BCUT2D eigenvalue weighted by atomic mass is 10.2. The second-order valence-electron chi connectivity index (χ2n) is 4.58. The molecule has 1 aliphatic rings. The molecule has 1 aromatic heterocycles. The summed E-state index contributed by atoms with van der Waals surface area (Å²) in [5.74, 6) is 0.143. The lowest BCUT2D eigenvalue weighted by molar-refractivity contribution is 0.0341. The standard InChI is InChI=1S/C13H20N2O2S/c1-3-4-11-13(10(2)16)18-12(14-11)9-15-5-7-17-8-6-15/h3-9H2,1-2H3. The Bertz CT molecular complexity index is 411. The Balaban J connectivity index is 2.07. The van der Waals surface area contributed by atoms with E-state index in [2.05, 4.69) is 16.8 Å². The van der Waals surface area contributed by atoms with E-state index < -0.39 is 0 Å². The Kier molecular flexibility index (Phi) is 4.86. The molecule has 1 aromatic rings. The lowest BCUT2D eigenvalue weighted by Crippen LogP contribution is -2.35. The topological polar surface area (TPSA) is 42.4 Å². The van der Waals surface area contributed by atoms with Gasteiger partial charge in [-0.1, -0.05) is 13.3 Å². The molecule has 0 bridgehead atoms. The summed E-state index contributed by atoms with van der Waals surface area (Å²) in [6.07, 6.45) is 1.93. The first-order valence-corrected chi connectivity index (χ1v) is 7.32. The van der Waals surface area contributed by atoms with Crippen molar-refractivity contribution in [1.82, 2.24) is 9.88 Å². The van der Waals surface area contributed by atoms with Crippen LogP contribution in [0.15, 0.2) is 0 Å². The molecule has 2 rings (SSSR count). The van der Waals surface area contributed by atoms with E-state index in [9.17, 15) is 4.79 Å². The maximum atomic E-state index is 11.6. The van der Waals surface area contributed by atoms with Crippen LogP contribution in [0.5, 0.6) is 0 Å². The number of thiazole rings is 1. The van der Waals surface area contributed by atoms with E-state index in [1.54, 1.807) is 18.3 Å². The van der Waals surface area contributed by atoms with Gasteiger partial charge in [-0.3, -0.25) is 9.69 Å². The minimum absolute atomic E-state index is 0.143. The van der Waals surface area contributed by atoms with Gasteiger partial charge in [0.25, 0.3) is 0 Å². The molecule has 1 fully saturated rings. The van der Waals surface area contributed by atoms with Gasteiger partial charge in [0.15, 0.2) is 5.78 Å². The zero-order chi connectivity index (χ0) is 13.0. The quantitative estimate of drug-likeness (QED) is 0.767. The van der Waals surface area contributed by atoms with Crippen LogP contribution in [-0.2, 0) is 17.7 Å². The molecule has 0 spiro atoms. The van der Waals surface area contributed by atoms with Crippen LogP contribution in [0, 0.1) is 0 Å². The largest absolute Gasteiger partial charge is 0.379 e. The third-order valence-electron chi connectivity index (χ3n) is 3.01. The van der Waals surface area contributed by atoms with Crippen molar-refractivity contribution in [3.05, 3.63) is 15.6 Å². The maximum Gasteiger partial charge on any atom is 0.171 e. The molecular weight excluding hydrogens is 248 g/mol. The van der Waals surface area contributed by atoms with Gasteiger partial charge in [0.05, 0.1) is 30.3 Å². The number of morpholine rings is 1. The van der Waals surface area contributed by atoms with Gasteiger partial charge < -0.3 is 4.74 Å². The number of ether oxygens (including phenoxy) is 1. The highest BCUT2D eigenvalue weighted by atomic mass is 32.1. The second-order valence-corrected chi connectivity index (χ2v) is 5.66. The Hall–Kier alpha value is -0.780. The first-order chi connectivity index (χ1) is 8.70. The fourth-order valence-electron chi connectivity index (χ4n) is 2.10. The number of Topliss-reactive ketones (excluding diaryl/α,β-unsaturated/α-hetero) is 1. The number of nitrogens with zero attached hydrogens (tertiary/aromatic N) is 2. The minimum Gasteiger partial charge on any atom is -0.379 e. The van der Waals surface area contributed by atoms with Gasteiger partial charge in [-0.15, -0.1) is 11.3 Å². The third kappa shape index (κ3) is 3.37. The monoisotopic (exact) mass is 268 g/mol. The van der Waals surface area contributed by atoms with Crippen LogP contribution in [-0.4, -0.2) is 42.0 Å². The molecule has 2 heterocycles. The summed E-state index contributed by atoms with van der Waals surface area (Å²) in [7, 11) is 0. The van der Waals surface area contributed by atoms with Crippen LogP contribution in [0.2, 0.25) is 0 Å². The van der Waals surface area contributed by atoms with Crippen molar-refractivity contribution in [2.75, 3.05) is 26.3 Å².